The smallest absolute Gasteiger partial charge is 0.245 e. The van der Waals surface area contributed by atoms with Crippen LogP contribution in [-0.4, -0.2) is 27.4 Å². The third-order valence-electron chi connectivity index (χ3n) is 2.00. The first kappa shape index (κ1) is 15.4. The van der Waals surface area contributed by atoms with Gasteiger partial charge in [-0.2, -0.15) is 0 Å². The fourth-order valence-corrected chi connectivity index (χ4v) is 2.77. The number of hydrogen-bond donors (Lipinski definition) is 2. The van der Waals surface area contributed by atoms with Crippen LogP contribution in [0.3, 0.4) is 0 Å². The van der Waals surface area contributed by atoms with E-state index in [0.717, 1.165) is 6.07 Å². The summed E-state index contributed by atoms with van der Waals surface area (Å²) in [5, 5.41) is 1.99. The molecule has 19 heavy (non-hydrogen) atoms. The van der Waals surface area contributed by atoms with E-state index in [1.807, 2.05) is 4.72 Å². The van der Waals surface area contributed by atoms with Gasteiger partial charge in [0.2, 0.25) is 15.9 Å². The van der Waals surface area contributed by atoms with Crippen LogP contribution in [0.1, 0.15) is 0 Å². The lowest BCUT2D eigenvalue weighted by atomic mass is 10.3. The highest BCUT2D eigenvalue weighted by Gasteiger charge is 2.22. The minimum atomic E-state index is -4.21. The van der Waals surface area contributed by atoms with Crippen LogP contribution in [0.25, 0.3) is 0 Å². The van der Waals surface area contributed by atoms with Crippen molar-refractivity contribution >= 4 is 27.5 Å². The molecule has 0 heterocycles. The van der Waals surface area contributed by atoms with Gasteiger partial charge in [-0.15, -0.1) is 6.42 Å². The Bertz CT molecular complexity index is 605. The Hall–Kier alpha value is -1.62. The minimum Gasteiger partial charge on any atom is -0.344 e. The Morgan fingerprint density at radius 1 is 1.47 bits per heavy atom. The first-order valence-electron chi connectivity index (χ1n) is 5.02. The molecule has 0 aliphatic heterocycles. The number of nitrogens with one attached hydrogen (secondary N) is 2. The fraction of sp³-hybridized carbons (Fsp3) is 0.182. The van der Waals surface area contributed by atoms with Crippen molar-refractivity contribution in [3.05, 3.63) is 29.0 Å². The van der Waals surface area contributed by atoms with Gasteiger partial charge in [-0.3, -0.25) is 4.79 Å². The number of amides is 1. The average molecular weight is 305 g/mol. The molecule has 0 atom stereocenters. The van der Waals surface area contributed by atoms with Gasteiger partial charge in [0.05, 0.1) is 18.1 Å². The first-order valence-corrected chi connectivity index (χ1v) is 6.88. The van der Waals surface area contributed by atoms with Gasteiger partial charge in [-0.1, -0.05) is 23.6 Å². The Kier molecular flexibility index (Phi) is 5.30. The monoisotopic (exact) mass is 304 g/mol. The average Bonchev–Trinajstić information content (AvgIpc) is 2.33. The third kappa shape index (κ3) is 4.21. The molecule has 0 spiro atoms. The molecule has 1 rings (SSSR count). The van der Waals surface area contributed by atoms with Gasteiger partial charge in [-0.25, -0.2) is 17.5 Å². The van der Waals surface area contributed by atoms with Crippen molar-refractivity contribution in [2.45, 2.75) is 4.90 Å². The minimum absolute atomic E-state index is 0.0268. The van der Waals surface area contributed by atoms with Crippen molar-refractivity contribution < 1.29 is 17.6 Å². The molecule has 1 aromatic carbocycles. The summed E-state index contributed by atoms with van der Waals surface area (Å²) >= 11 is 5.63. The predicted octanol–water partition coefficient (Wildman–Crippen LogP) is 0.507. The van der Waals surface area contributed by atoms with Gasteiger partial charge in [0, 0.05) is 0 Å². The lowest BCUT2D eigenvalue weighted by Gasteiger charge is -2.08. The summed E-state index contributed by atoms with van der Waals surface area (Å²) in [4.78, 5) is 10.5. The van der Waals surface area contributed by atoms with Crippen molar-refractivity contribution in [3.63, 3.8) is 0 Å². The van der Waals surface area contributed by atoms with E-state index in [2.05, 4.69) is 11.2 Å². The highest BCUT2D eigenvalue weighted by atomic mass is 35.5. The molecular weight excluding hydrogens is 295 g/mol. The predicted molar refractivity (Wildman–Crippen MR) is 68.4 cm³/mol. The maximum absolute atomic E-state index is 13.4. The van der Waals surface area contributed by atoms with E-state index in [4.69, 9.17) is 18.0 Å². The number of terminal acetylenes is 1. The highest BCUT2D eigenvalue weighted by molar-refractivity contribution is 7.89. The highest BCUT2D eigenvalue weighted by Crippen LogP contribution is 2.23. The van der Waals surface area contributed by atoms with Crippen molar-refractivity contribution in [2.24, 2.45) is 0 Å². The number of carbonyl (C=O) groups excluding carboxylic acids is 1. The van der Waals surface area contributed by atoms with Gasteiger partial charge < -0.3 is 5.32 Å². The van der Waals surface area contributed by atoms with Gasteiger partial charge in [0.15, 0.2) is 0 Å². The standard InChI is InChI=1S/C11H10ClFN2O3S/c1-2-6-14-10(16)7-15-19(17,18)11-8(12)4-3-5-9(11)13/h1,3-5,15H,6-7H2,(H,14,16). The van der Waals surface area contributed by atoms with Crippen molar-refractivity contribution in [1.82, 2.24) is 10.0 Å². The molecule has 0 fully saturated rings. The van der Waals surface area contributed by atoms with Crippen LogP contribution in [0.15, 0.2) is 23.1 Å². The largest absolute Gasteiger partial charge is 0.344 e. The molecule has 0 saturated carbocycles. The van der Waals surface area contributed by atoms with Crippen LogP contribution < -0.4 is 10.0 Å². The van der Waals surface area contributed by atoms with Crippen LogP contribution >= 0.6 is 11.6 Å². The van der Waals surface area contributed by atoms with Gasteiger partial charge in [0.1, 0.15) is 10.7 Å². The molecule has 0 radical (unpaired) electrons. The molecule has 1 amide bonds. The lowest BCUT2D eigenvalue weighted by Crippen LogP contribution is -2.37. The van der Waals surface area contributed by atoms with E-state index < -0.39 is 33.2 Å². The summed E-state index contributed by atoms with van der Waals surface area (Å²) in [6.07, 6.45) is 4.92. The summed E-state index contributed by atoms with van der Waals surface area (Å²) in [7, 11) is -4.21. The first-order chi connectivity index (χ1) is 8.88. The molecule has 5 nitrogen and oxygen atoms in total. The van der Waals surface area contributed by atoms with E-state index in [9.17, 15) is 17.6 Å². The molecule has 0 bridgehead atoms. The van der Waals surface area contributed by atoms with Crippen LogP contribution in [-0.2, 0) is 14.8 Å². The van der Waals surface area contributed by atoms with Crippen LogP contribution in [0.2, 0.25) is 5.02 Å². The summed E-state index contributed by atoms with van der Waals surface area (Å²) in [5.41, 5.74) is 0. The molecule has 0 unspecified atom stereocenters. The third-order valence-corrected chi connectivity index (χ3v) is 3.90. The van der Waals surface area contributed by atoms with Gasteiger partial charge in [-0.05, 0) is 12.1 Å². The molecule has 2 N–H and O–H groups in total. The van der Waals surface area contributed by atoms with E-state index >= 15 is 0 Å². The Balaban J connectivity index is 2.83. The number of benzene rings is 1. The summed E-state index contributed by atoms with van der Waals surface area (Å²) < 4.78 is 39.0. The SMILES string of the molecule is C#CCNC(=O)CNS(=O)(=O)c1c(F)cccc1Cl. The second-order valence-corrected chi connectivity index (χ2v) is 5.47. The summed E-state index contributed by atoms with van der Waals surface area (Å²) in [6.45, 7) is -0.588. The molecule has 0 saturated heterocycles. The fourth-order valence-electron chi connectivity index (χ4n) is 1.18. The van der Waals surface area contributed by atoms with E-state index in [1.54, 1.807) is 0 Å². The second kappa shape index (κ2) is 6.52. The summed E-state index contributed by atoms with van der Waals surface area (Å²) in [6, 6.07) is 3.47. The normalized spacial score (nSPS) is 10.8. The van der Waals surface area contributed by atoms with Crippen molar-refractivity contribution in [3.8, 4) is 12.3 Å². The van der Waals surface area contributed by atoms with Crippen LogP contribution in [0, 0.1) is 18.2 Å². The molecule has 0 aliphatic carbocycles. The number of rotatable bonds is 5. The lowest BCUT2D eigenvalue weighted by molar-refractivity contribution is -0.119. The number of halogens is 2. The molecule has 8 heteroatoms. The quantitative estimate of drug-likeness (QED) is 0.778. The van der Waals surface area contributed by atoms with E-state index in [1.165, 1.54) is 12.1 Å². The van der Waals surface area contributed by atoms with E-state index in [0.29, 0.717) is 0 Å². The molecule has 0 aromatic heterocycles. The molecule has 0 aliphatic rings. The Morgan fingerprint density at radius 3 is 2.74 bits per heavy atom. The van der Waals surface area contributed by atoms with Gasteiger partial charge >= 0.3 is 0 Å². The van der Waals surface area contributed by atoms with Gasteiger partial charge in [0.25, 0.3) is 0 Å². The zero-order valence-electron chi connectivity index (χ0n) is 9.61. The zero-order chi connectivity index (χ0) is 14.5. The Morgan fingerprint density at radius 2 is 2.16 bits per heavy atom. The number of sulfonamides is 1. The summed E-state index contributed by atoms with van der Waals surface area (Å²) in [5.74, 6) is 0.529. The van der Waals surface area contributed by atoms with E-state index in [-0.39, 0.29) is 11.6 Å². The molecule has 1 aromatic rings. The zero-order valence-corrected chi connectivity index (χ0v) is 11.2. The second-order valence-electron chi connectivity index (χ2n) is 3.36. The number of carbonyl (C=O) groups is 1. The number of hydrogen-bond acceptors (Lipinski definition) is 3. The Labute approximate surface area is 115 Å². The maximum atomic E-state index is 13.4. The van der Waals surface area contributed by atoms with Crippen molar-refractivity contribution in [2.75, 3.05) is 13.1 Å². The van der Waals surface area contributed by atoms with Crippen LogP contribution in [0.5, 0.6) is 0 Å². The van der Waals surface area contributed by atoms with Crippen LogP contribution in [0.4, 0.5) is 4.39 Å². The molecular formula is C11H10ClFN2O3S. The topological polar surface area (TPSA) is 75.3 Å². The van der Waals surface area contributed by atoms with Crippen molar-refractivity contribution in [1.29, 1.82) is 0 Å². The maximum Gasteiger partial charge on any atom is 0.245 e. The molecule has 102 valence electrons.